The van der Waals surface area contributed by atoms with Crippen molar-refractivity contribution < 1.29 is 4.79 Å². The van der Waals surface area contributed by atoms with E-state index in [0.29, 0.717) is 36.1 Å². The van der Waals surface area contributed by atoms with Crippen LogP contribution in [-0.4, -0.2) is 40.0 Å². The maximum atomic E-state index is 12.6. The molecule has 0 aliphatic carbocycles. The van der Waals surface area contributed by atoms with E-state index in [1.165, 1.54) is 0 Å². The lowest BCUT2D eigenvalue weighted by Crippen LogP contribution is -2.32. The van der Waals surface area contributed by atoms with Crippen LogP contribution < -0.4 is 4.90 Å². The summed E-state index contributed by atoms with van der Waals surface area (Å²) < 4.78 is 2.00. The number of carbonyl (C=O) groups is 1. The molecule has 0 unspecified atom stereocenters. The summed E-state index contributed by atoms with van der Waals surface area (Å²) in [5, 5.41) is 1.04. The first kappa shape index (κ1) is 19.8. The van der Waals surface area contributed by atoms with Crippen molar-refractivity contribution in [1.29, 1.82) is 0 Å². The maximum Gasteiger partial charge on any atom is 0.224 e. The van der Waals surface area contributed by atoms with E-state index < -0.39 is 0 Å². The minimum Gasteiger partial charge on any atom is -0.369 e. The van der Waals surface area contributed by atoms with E-state index in [9.17, 15) is 4.79 Å². The molecule has 29 heavy (non-hydrogen) atoms. The molecule has 0 bridgehead atoms. The third-order valence-corrected chi connectivity index (χ3v) is 5.91. The molecule has 0 spiro atoms. The number of anilines is 1. The molecule has 0 saturated carbocycles. The molecule has 2 heterocycles. The van der Waals surface area contributed by atoms with Gasteiger partial charge < -0.3 is 14.4 Å². The maximum absolute atomic E-state index is 12.6. The molecule has 1 amide bonds. The molecule has 1 fully saturated rings. The van der Waals surface area contributed by atoms with Gasteiger partial charge in [-0.2, -0.15) is 0 Å². The molecular weight excluding hydrogens is 407 g/mol. The van der Waals surface area contributed by atoms with E-state index in [2.05, 4.69) is 34.1 Å². The molecule has 150 valence electrons. The van der Waals surface area contributed by atoms with Crippen molar-refractivity contribution in [3.63, 3.8) is 0 Å². The zero-order chi connectivity index (χ0) is 20.4. The topological polar surface area (TPSA) is 41.4 Å². The van der Waals surface area contributed by atoms with Gasteiger partial charge in [0.15, 0.2) is 0 Å². The number of aryl methyl sites for hydroxylation is 1. The number of hydrogen-bond donors (Lipinski definition) is 0. The standard InChI is InChI=1S/C22H22Cl2N4O/c1-16-13-28(15-25-16)19-5-3-18(4-6-19)26-9-8-22(29)27(11-10-26)14-17-2-7-20(23)21(24)12-17/h2-7,12-13,15H,8-11,14H2,1H3. The van der Waals surface area contributed by atoms with Crippen LogP contribution in [0.3, 0.4) is 0 Å². The summed E-state index contributed by atoms with van der Waals surface area (Å²) in [7, 11) is 0. The Labute approximate surface area is 180 Å². The highest BCUT2D eigenvalue weighted by Crippen LogP contribution is 2.24. The first-order valence-corrected chi connectivity index (χ1v) is 10.3. The average molecular weight is 429 g/mol. The summed E-state index contributed by atoms with van der Waals surface area (Å²) in [6.45, 7) is 4.68. The van der Waals surface area contributed by atoms with E-state index in [-0.39, 0.29) is 5.91 Å². The van der Waals surface area contributed by atoms with Crippen LogP contribution in [-0.2, 0) is 11.3 Å². The van der Waals surface area contributed by atoms with Gasteiger partial charge in [0.1, 0.15) is 0 Å². The fourth-order valence-electron chi connectivity index (χ4n) is 3.55. The van der Waals surface area contributed by atoms with Gasteiger partial charge in [0.25, 0.3) is 0 Å². The molecule has 1 aliphatic rings. The van der Waals surface area contributed by atoms with Crippen LogP contribution in [0.2, 0.25) is 10.0 Å². The fourth-order valence-corrected chi connectivity index (χ4v) is 3.87. The zero-order valence-electron chi connectivity index (χ0n) is 16.2. The minimum atomic E-state index is 0.157. The lowest BCUT2D eigenvalue weighted by Gasteiger charge is -2.24. The smallest absolute Gasteiger partial charge is 0.224 e. The van der Waals surface area contributed by atoms with E-state index in [1.54, 1.807) is 6.07 Å². The average Bonchev–Trinajstić information content (AvgIpc) is 3.07. The fraction of sp³-hybridized carbons (Fsp3) is 0.273. The summed E-state index contributed by atoms with van der Waals surface area (Å²) in [5.41, 5.74) is 4.17. The van der Waals surface area contributed by atoms with Gasteiger partial charge in [0, 0.05) is 50.2 Å². The van der Waals surface area contributed by atoms with Gasteiger partial charge in [-0.05, 0) is 48.9 Å². The van der Waals surface area contributed by atoms with E-state index in [1.807, 2.05) is 41.0 Å². The predicted octanol–water partition coefficient (Wildman–Crippen LogP) is 4.73. The number of amides is 1. The molecule has 4 rings (SSSR count). The molecule has 1 aromatic heterocycles. The molecule has 5 nitrogen and oxygen atoms in total. The zero-order valence-corrected chi connectivity index (χ0v) is 17.7. The van der Waals surface area contributed by atoms with Crippen LogP contribution in [0.5, 0.6) is 0 Å². The molecule has 2 aromatic carbocycles. The van der Waals surface area contributed by atoms with Gasteiger partial charge in [0.2, 0.25) is 5.91 Å². The van der Waals surface area contributed by atoms with Crippen LogP contribution >= 0.6 is 23.2 Å². The summed E-state index contributed by atoms with van der Waals surface area (Å²) in [6.07, 6.45) is 4.31. The van der Waals surface area contributed by atoms with Gasteiger partial charge in [-0.3, -0.25) is 4.79 Å². The van der Waals surface area contributed by atoms with Gasteiger partial charge in [-0.1, -0.05) is 29.3 Å². The number of carbonyl (C=O) groups excluding carboxylic acids is 1. The molecule has 0 radical (unpaired) electrons. The predicted molar refractivity (Wildman–Crippen MR) is 117 cm³/mol. The summed E-state index contributed by atoms with van der Waals surface area (Å²) >= 11 is 12.1. The highest BCUT2D eigenvalue weighted by atomic mass is 35.5. The van der Waals surface area contributed by atoms with Crippen molar-refractivity contribution in [3.05, 3.63) is 76.3 Å². The number of imidazole rings is 1. The van der Waals surface area contributed by atoms with Crippen molar-refractivity contribution in [1.82, 2.24) is 14.5 Å². The second-order valence-corrected chi connectivity index (χ2v) is 8.05. The van der Waals surface area contributed by atoms with Gasteiger partial charge in [-0.15, -0.1) is 0 Å². The Hall–Kier alpha value is -2.50. The monoisotopic (exact) mass is 428 g/mol. The van der Waals surface area contributed by atoms with Crippen LogP contribution in [0.1, 0.15) is 17.7 Å². The minimum absolute atomic E-state index is 0.157. The Morgan fingerprint density at radius 1 is 0.966 bits per heavy atom. The van der Waals surface area contributed by atoms with Crippen LogP contribution in [0, 0.1) is 6.92 Å². The molecule has 1 aliphatic heterocycles. The Balaban J connectivity index is 1.43. The van der Waals surface area contributed by atoms with Crippen LogP contribution in [0.15, 0.2) is 55.0 Å². The SMILES string of the molecule is Cc1cn(-c2ccc(N3CCC(=O)N(Cc4ccc(Cl)c(Cl)c4)CC3)cc2)cn1. The Kier molecular flexibility index (Phi) is 5.79. The molecular formula is C22H22Cl2N4O. The summed E-state index contributed by atoms with van der Waals surface area (Å²) in [5.74, 6) is 0.157. The van der Waals surface area contributed by atoms with Crippen molar-refractivity contribution in [2.75, 3.05) is 24.5 Å². The first-order chi connectivity index (χ1) is 14.0. The number of nitrogens with zero attached hydrogens (tertiary/aromatic N) is 4. The van der Waals surface area contributed by atoms with Gasteiger partial charge >= 0.3 is 0 Å². The van der Waals surface area contributed by atoms with Crippen LogP contribution in [0.25, 0.3) is 5.69 Å². The highest BCUT2D eigenvalue weighted by molar-refractivity contribution is 6.42. The third-order valence-electron chi connectivity index (χ3n) is 5.17. The number of benzene rings is 2. The summed E-state index contributed by atoms with van der Waals surface area (Å²) in [6, 6.07) is 13.9. The lowest BCUT2D eigenvalue weighted by molar-refractivity contribution is -0.130. The highest BCUT2D eigenvalue weighted by Gasteiger charge is 2.21. The van der Waals surface area contributed by atoms with E-state index >= 15 is 0 Å². The molecule has 0 N–H and O–H groups in total. The van der Waals surface area contributed by atoms with Crippen molar-refractivity contribution in [2.45, 2.75) is 19.9 Å². The second-order valence-electron chi connectivity index (χ2n) is 7.24. The normalized spacial score (nSPS) is 14.9. The number of aromatic nitrogens is 2. The van der Waals surface area contributed by atoms with E-state index in [0.717, 1.165) is 29.2 Å². The second kappa shape index (κ2) is 8.47. The number of rotatable bonds is 4. The molecule has 1 saturated heterocycles. The quantitative estimate of drug-likeness (QED) is 0.603. The van der Waals surface area contributed by atoms with E-state index in [4.69, 9.17) is 23.2 Å². The Morgan fingerprint density at radius 2 is 1.72 bits per heavy atom. The third kappa shape index (κ3) is 4.57. The first-order valence-electron chi connectivity index (χ1n) is 9.57. The largest absolute Gasteiger partial charge is 0.369 e. The van der Waals surface area contributed by atoms with Gasteiger partial charge in [-0.25, -0.2) is 4.98 Å². The van der Waals surface area contributed by atoms with Crippen LogP contribution in [0.4, 0.5) is 5.69 Å². The van der Waals surface area contributed by atoms with Crippen molar-refractivity contribution in [2.24, 2.45) is 0 Å². The summed E-state index contributed by atoms with van der Waals surface area (Å²) in [4.78, 5) is 21.0. The van der Waals surface area contributed by atoms with Crippen molar-refractivity contribution >= 4 is 34.8 Å². The van der Waals surface area contributed by atoms with Gasteiger partial charge in [0.05, 0.1) is 22.1 Å². The lowest BCUT2D eigenvalue weighted by atomic mass is 10.2. The number of hydrogen-bond acceptors (Lipinski definition) is 3. The number of halogens is 2. The Morgan fingerprint density at radius 3 is 2.41 bits per heavy atom. The molecule has 3 aromatic rings. The van der Waals surface area contributed by atoms with Crippen molar-refractivity contribution in [3.8, 4) is 5.69 Å². The molecule has 7 heteroatoms. The Bertz CT molecular complexity index is 1020. The molecule has 0 atom stereocenters.